The third-order valence-corrected chi connectivity index (χ3v) is 5.39. The van der Waals surface area contributed by atoms with Crippen molar-refractivity contribution >= 4 is 21.7 Å². The molecular formula is C11H20N4O4S. The van der Waals surface area contributed by atoms with Gasteiger partial charge in [0.25, 0.3) is 0 Å². The minimum Gasteiger partial charge on any atom is -0.368 e. The molecule has 0 saturated carbocycles. The first-order valence-corrected chi connectivity index (χ1v) is 8.43. The van der Waals surface area contributed by atoms with Crippen molar-refractivity contribution in [2.75, 3.05) is 37.7 Å². The molecule has 2 unspecified atom stereocenters. The first-order valence-electron chi connectivity index (χ1n) is 6.61. The van der Waals surface area contributed by atoms with E-state index in [1.807, 2.05) is 0 Å². The molecule has 0 aromatic heterocycles. The van der Waals surface area contributed by atoms with Crippen LogP contribution in [-0.4, -0.2) is 74.9 Å². The zero-order valence-corrected chi connectivity index (χ0v) is 12.0. The summed E-state index contributed by atoms with van der Waals surface area (Å²) in [6.07, 6.45) is 0.453. The highest BCUT2D eigenvalue weighted by atomic mass is 32.2. The average Bonchev–Trinajstić information content (AvgIpc) is 2.68. The molecule has 4 N–H and O–H groups in total. The molecule has 2 aliphatic rings. The van der Waals surface area contributed by atoms with E-state index in [0.717, 1.165) is 0 Å². The van der Waals surface area contributed by atoms with E-state index in [-0.39, 0.29) is 30.0 Å². The van der Waals surface area contributed by atoms with Crippen molar-refractivity contribution in [3.8, 4) is 0 Å². The Hall–Kier alpha value is -1.19. The number of nitrogens with one attached hydrogen (secondary N) is 2. The maximum Gasteiger partial charge on any atom is 0.236 e. The molecule has 0 aliphatic carbocycles. The minimum absolute atomic E-state index is 0.000453. The second kappa shape index (κ2) is 6.06. The fourth-order valence-electron chi connectivity index (χ4n) is 2.58. The zero-order chi connectivity index (χ0) is 14.8. The lowest BCUT2D eigenvalue weighted by atomic mass is 10.1. The summed E-state index contributed by atoms with van der Waals surface area (Å²) >= 11 is 0. The van der Waals surface area contributed by atoms with E-state index >= 15 is 0 Å². The van der Waals surface area contributed by atoms with Crippen LogP contribution in [0.4, 0.5) is 0 Å². The molecule has 0 spiro atoms. The Labute approximate surface area is 118 Å². The first-order chi connectivity index (χ1) is 9.37. The number of sulfone groups is 1. The molecule has 2 rings (SSSR count). The summed E-state index contributed by atoms with van der Waals surface area (Å²) in [7, 11) is -3.01. The van der Waals surface area contributed by atoms with Gasteiger partial charge in [-0.3, -0.25) is 14.5 Å². The summed E-state index contributed by atoms with van der Waals surface area (Å²) in [6.45, 7) is 1.74. The Bertz CT molecular complexity index is 493. The molecule has 2 heterocycles. The van der Waals surface area contributed by atoms with Crippen LogP contribution in [0.1, 0.15) is 6.42 Å². The van der Waals surface area contributed by atoms with Crippen molar-refractivity contribution in [1.82, 2.24) is 15.5 Å². The number of carbonyl (C=O) groups excluding carboxylic acids is 2. The van der Waals surface area contributed by atoms with Gasteiger partial charge < -0.3 is 16.4 Å². The second-order valence-corrected chi connectivity index (χ2v) is 7.49. The predicted molar refractivity (Wildman–Crippen MR) is 72.6 cm³/mol. The van der Waals surface area contributed by atoms with E-state index in [9.17, 15) is 18.0 Å². The van der Waals surface area contributed by atoms with Crippen LogP contribution in [0, 0.1) is 0 Å². The standard InChI is InChI=1S/C11H20N4O4S/c12-11(17)9-5-13-2-3-15(9)6-10(16)14-8-1-4-20(18,19)7-8/h8-9,13H,1-7H2,(H2,12,17)(H,14,16). The molecule has 8 nitrogen and oxygen atoms in total. The van der Waals surface area contributed by atoms with Crippen molar-refractivity contribution in [2.45, 2.75) is 18.5 Å². The lowest BCUT2D eigenvalue weighted by Crippen LogP contribution is -2.59. The van der Waals surface area contributed by atoms with Gasteiger partial charge >= 0.3 is 0 Å². The highest BCUT2D eigenvalue weighted by molar-refractivity contribution is 7.91. The Morgan fingerprint density at radius 1 is 1.40 bits per heavy atom. The van der Waals surface area contributed by atoms with Crippen LogP contribution in [0.5, 0.6) is 0 Å². The van der Waals surface area contributed by atoms with Gasteiger partial charge in [-0.05, 0) is 6.42 Å². The minimum atomic E-state index is -3.01. The van der Waals surface area contributed by atoms with Crippen molar-refractivity contribution in [3.63, 3.8) is 0 Å². The van der Waals surface area contributed by atoms with Crippen LogP contribution in [0.2, 0.25) is 0 Å². The number of hydrogen-bond acceptors (Lipinski definition) is 6. The monoisotopic (exact) mass is 304 g/mol. The van der Waals surface area contributed by atoms with Crippen LogP contribution >= 0.6 is 0 Å². The number of hydrogen-bond donors (Lipinski definition) is 3. The maximum atomic E-state index is 11.9. The smallest absolute Gasteiger partial charge is 0.236 e. The topological polar surface area (TPSA) is 122 Å². The molecular weight excluding hydrogens is 284 g/mol. The summed E-state index contributed by atoms with van der Waals surface area (Å²) in [5.74, 6) is -0.608. The summed E-state index contributed by atoms with van der Waals surface area (Å²) in [4.78, 5) is 25.0. The Morgan fingerprint density at radius 3 is 2.75 bits per heavy atom. The van der Waals surface area contributed by atoms with Gasteiger partial charge in [-0.2, -0.15) is 0 Å². The fourth-order valence-corrected chi connectivity index (χ4v) is 4.26. The summed E-state index contributed by atoms with van der Waals surface area (Å²) in [6, 6.07) is -0.816. The fraction of sp³-hybridized carbons (Fsp3) is 0.818. The number of primary amides is 1. The molecule has 114 valence electrons. The Balaban J connectivity index is 1.86. The first kappa shape index (κ1) is 15.2. The zero-order valence-electron chi connectivity index (χ0n) is 11.2. The molecule has 2 amide bonds. The van der Waals surface area contributed by atoms with Crippen LogP contribution in [0.3, 0.4) is 0 Å². The lowest BCUT2D eigenvalue weighted by Gasteiger charge is -2.33. The molecule has 2 saturated heterocycles. The van der Waals surface area contributed by atoms with Crippen LogP contribution in [0.25, 0.3) is 0 Å². The van der Waals surface area contributed by atoms with Crippen LogP contribution in [-0.2, 0) is 19.4 Å². The third-order valence-electron chi connectivity index (χ3n) is 3.63. The normalized spacial score (nSPS) is 30.0. The number of piperazine rings is 1. The number of amides is 2. The van der Waals surface area contributed by atoms with Crippen molar-refractivity contribution in [2.24, 2.45) is 5.73 Å². The molecule has 20 heavy (non-hydrogen) atoms. The lowest BCUT2D eigenvalue weighted by molar-refractivity contribution is -0.127. The molecule has 2 atom stereocenters. The molecule has 0 bridgehead atoms. The Kier molecular flexibility index (Phi) is 4.61. The van der Waals surface area contributed by atoms with E-state index < -0.39 is 21.8 Å². The SMILES string of the molecule is NC(=O)C1CNCCN1CC(=O)NC1CCS(=O)(=O)C1. The largest absolute Gasteiger partial charge is 0.368 e. The number of carbonyl (C=O) groups is 2. The number of nitrogens with two attached hydrogens (primary N) is 1. The summed E-state index contributed by atoms with van der Waals surface area (Å²) < 4.78 is 22.6. The summed E-state index contributed by atoms with van der Waals surface area (Å²) in [5.41, 5.74) is 5.30. The molecule has 2 fully saturated rings. The summed E-state index contributed by atoms with van der Waals surface area (Å²) in [5, 5.41) is 5.76. The van der Waals surface area contributed by atoms with E-state index in [1.165, 1.54) is 0 Å². The average molecular weight is 304 g/mol. The highest BCUT2D eigenvalue weighted by Gasteiger charge is 2.31. The van der Waals surface area contributed by atoms with Gasteiger partial charge in [0.15, 0.2) is 9.84 Å². The second-order valence-electron chi connectivity index (χ2n) is 5.26. The van der Waals surface area contributed by atoms with Crippen molar-refractivity contribution in [3.05, 3.63) is 0 Å². The molecule has 2 aliphatic heterocycles. The van der Waals surface area contributed by atoms with Gasteiger partial charge in [0, 0.05) is 25.7 Å². The van der Waals surface area contributed by atoms with Crippen LogP contribution in [0.15, 0.2) is 0 Å². The molecule has 0 radical (unpaired) electrons. The quantitative estimate of drug-likeness (QED) is 0.510. The Morgan fingerprint density at radius 2 is 2.15 bits per heavy atom. The molecule has 0 aromatic rings. The van der Waals surface area contributed by atoms with Gasteiger partial charge in [0.1, 0.15) is 6.04 Å². The van der Waals surface area contributed by atoms with Gasteiger partial charge in [0.2, 0.25) is 11.8 Å². The van der Waals surface area contributed by atoms with E-state index in [2.05, 4.69) is 10.6 Å². The van der Waals surface area contributed by atoms with Crippen LogP contribution < -0.4 is 16.4 Å². The van der Waals surface area contributed by atoms with Gasteiger partial charge in [0.05, 0.1) is 18.1 Å². The third kappa shape index (κ3) is 3.90. The molecule has 0 aromatic carbocycles. The van der Waals surface area contributed by atoms with E-state index in [1.54, 1.807) is 4.90 Å². The highest BCUT2D eigenvalue weighted by Crippen LogP contribution is 2.11. The predicted octanol–water partition coefficient (Wildman–Crippen LogP) is -2.95. The van der Waals surface area contributed by atoms with E-state index in [0.29, 0.717) is 26.1 Å². The maximum absolute atomic E-state index is 11.9. The number of nitrogens with zero attached hydrogens (tertiary/aromatic N) is 1. The van der Waals surface area contributed by atoms with E-state index in [4.69, 9.17) is 5.73 Å². The molecule has 9 heteroatoms. The van der Waals surface area contributed by atoms with Gasteiger partial charge in [-0.15, -0.1) is 0 Å². The van der Waals surface area contributed by atoms with Gasteiger partial charge in [-0.1, -0.05) is 0 Å². The van der Waals surface area contributed by atoms with Crippen molar-refractivity contribution in [1.29, 1.82) is 0 Å². The van der Waals surface area contributed by atoms with Gasteiger partial charge in [-0.25, -0.2) is 8.42 Å². The van der Waals surface area contributed by atoms with Crippen molar-refractivity contribution < 1.29 is 18.0 Å². The number of rotatable bonds is 4.